The lowest BCUT2D eigenvalue weighted by molar-refractivity contribution is -1.02. The van der Waals surface area contributed by atoms with Crippen molar-refractivity contribution in [1.29, 1.82) is 0 Å². The molecule has 5 nitrogen and oxygen atoms in total. The first kappa shape index (κ1) is 22.1. The van der Waals surface area contributed by atoms with E-state index in [2.05, 4.69) is 47.8 Å². The minimum atomic E-state index is -0.168. The van der Waals surface area contributed by atoms with E-state index in [0.29, 0.717) is 6.54 Å². The molecule has 0 aliphatic carbocycles. The van der Waals surface area contributed by atoms with Crippen LogP contribution in [0.4, 0.5) is 0 Å². The molecule has 5 heteroatoms. The molecule has 3 aromatic rings. The largest absolute Gasteiger partial charge is 0.497 e. The molecule has 166 valence electrons. The average molecular weight is 432 g/mol. The third-order valence-electron chi connectivity index (χ3n) is 6.26. The van der Waals surface area contributed by atoms with Crippen LogP contribution in [0.1, 0.15) is 22.7 Å². The van der Waals surface area contributed by atoms with Gasteiger partial charge in [-0.05, 0) is 23.3 Å². The maximum Gasteiger partial charge on any atom is 0.275 e. The first-order chi connectivity index (χ1) is 15.7. The van der Waals surface area contributed by atoms with Crippen LogP contribution in [-0.4, -0.2) is 45.7 Å². The van der Waals surface area contributed by atoms with Crippen molar-refractivity contribution < 1.29 is 19.3 Å². The third-order valence-corrected chi connectivity index (χ3v) is 6.26. The van der Waals surface area contributed by atoms with Crippen molar-refractivity contribution in [1.82, 2.24) is 5.32 Å². The number of hydrogen-bond donors (Lipinski definition) is 3. The van der Waals surface area contributed by atoms with Gasteiger partial charge in [0.15, 0.2) is 6.54 Å². The molecule has 1 atom stereocenters. The number of carbonyl (C=O) groups is 1. The SMILES string of the molecule is COc1ccc([C@H](NC(=O)C[NH+]2CC[NH+](Cc3ccccc3)CC2)c2ccccc2)cc1. The van der Waals surface area contributed by atoms with Crippen LogP contribution in [0, 0.1) is 0 Å². The standard InChI is InChI=1S/C27H31N3O2/c1-32-25-14-12-24(13-15-25)27(23-10-6-3-7-11-23)28-26(31)21-30-18-16-29(17-19-30)20-22-8-4-2-5-9-22/h2-15,27H,16-21H2,1H3,(H,28,31)/p+2/t27-/m1/s1. The number of rotatable bonds is 8. The van der Waals surface area contributed by atoms with E-state index in [9.17, 15) is 4.79 Å². The average Bonchev–Trinajstić information content (AvgIpc) is 2.85. The molecule has 3 aromatic carbocycles. The Balaban J connectivity index is 1.34. The maximum absolute atomic E-state index is 13.0. The fourth-order valence-electron chi connectivity index (χ4n) is 4.44. The molecule has 1 heterocycles. The van der Waals surface area contributed by atoms with Crippen LogP contribution in [0.2, 0.25) is 0 Å². The highest BCUT2D eigenvalue weighted by molar-refractivity contribution is 5.78. The summed E-state index contributed by atoms with van der Waals surface area (Å²) < 4.78 is 5.29. The first-order valence-corrected chi connectivity index (χ1v) is 11.4. The number of carbonyl (C=O) groups excluding carboxylic acids is 1. The first-order valence-electron chi connectivity index (χ1n) is 11.4. The fraction of sp³-hybridized carbons (Fsp3) is 0.296. The van der Waals surface area contributed by atoms with Crippen molar-refractivity contribution in [3.05, 3.63) is 102 Å². The zero-order chi connectivity index (χ0) is 22.2. The van der Waals surface area contributed by atoms with Gasteiger partial charge in [-0.25, -0.2) is 0 Å². The Morgan fingerprint density at radius 3 is 2.00 bits per heavy atom. The van der Waals surface area contributed by atoms with Gasteiger partial charge in [0.05, 0.1) is 13.2 Å². The normalized spacial score (nSPS) is 19.2. The number of amides is 1. The molecule has 0 bridgehead atoms. The highest BCUT2D eigenvalue weighted by Gasteiger charge is 2.26. The molecule has 1 fully saturated rings. The van der Waals surface area contributed by atoms with E-state index in [-0.39, 0.29) is 11.9 Å². The summed E-state index contributed by atoms with van der Waals surface area (Å²) in [7, 11) is 1.66. The predicted molar refractivity (Wildman–Crippen MR) is 126 cm³/mol. The van der Waals surface area contributed by atoms with E-state index in [1.165, 1.54) is 10.5 Å². The number of quaternary nitrogens is 2. The van der Waals surface area contributed by atoms with Gasteiger partial charge in [0.1, 0.15) is 38.5 Å². The molecule has 3 N–H and O–H groups in total. The molecule has 4 rings (SSSR count). The second-order valence-electron chi connectivity index (χ2n) is 8.52. The van der Waals surface area contributed by atoms with Crippen LogP contribution in [0.3, 0.4) is 0 Å². The van der Waals surface area contributed by atoms with Gasteiger partial charge in [-0.3, -0.25) is 4.79 Å². The van der Waals surface area contributed by atoms with Crippen LogP contribution in [0.25, 0.3) is 0 Å². The lowest BCUT2D eigenvalue weighted by atomic mass is 9.98. The Morgan fingerprint density at radius 1 is 0.812 bits per heavy atom. The zero-order valence-electron chi connectivity index (χ0n) is 18.7. The Morgan fingerprint density at radius 2 is 1.38 bits per heavy atom. The minimum Gasteiger partial charge on any atom is -0.497 e. The molecule has 1 aliphatic rings. The van der Waals surface area contributed by atoms with E-state index in [1.807, 2.05) is 42.5 Å². The zero-order valence-corrected chi connectivity index (χ0v) is 18.7. The van der Waals surface area contributed by atoms with Crippen LogP contribution in [0.15, 0.2) is 84.9 Å². The van der Waals surface area contributed by atoms with Crippen LogP contribution in [0.5, 0.6) is 5.75 Å². The second-order valence-corrected chi connectivity index (χ2v) is 8.52. The number of piperazine rings is 1. The fourth-order valence-corrected chi connectivity index (χ4v) is 4.44. The number of nitrogens with one attached hydrogen (secondary N) is 3. The van der Waals surface area contributed by atoms with Crippen LogP contribution >= 0.6 is 0 Å². The molecule has 1 saturated heterocycles. The molecule has 0 spiro atoms. The van der Waals surface area contributed by atoms with Crippen LogP contribution < -0.4 is 19.9 Å². The molecule has 0 saturated carbocycles. The summed E-state index contributed by atoms with van der Waals surface area (Å²) in [4.78, 5) is 16.0. The smallest absolute Gasteiger partial charge is 0.275 e. The maximum atomic E-state index is 13.0. The number of hydrogen-bond acceptors (Lipinski definition) is 2. The second kappa shape index (κ2) is 10.9. The minimum absolute atomic E-state index is 0.0937. The Hall–Kier alpha value is -3.15. The van der Waals surface area contributed by atoms with Crippen molar-refractivity contribution in [3.63, 3.8) is 0 Å². The van der Waals surface area contributed by atoms with E-state index in [1.54, 1.807) is 12.0 Å². The van der Waals surface area contributed by atoms with Crippen LogP contribution in [-0.2, 0) is 11.3 Å². The van der Waals surface area contributed by atoms with E-state index < -0.39 is 0 Å². The van der Waals surface area contributed by atoms with Gasteiger partial charge < -0.3 is 19.9 Å². The Bertz CT molecular complexity index is 969. The monoisotopic (exact) mass is 431 g/mol. The molecular weight excluding hydrogens is 398 g/mol. The molecule has 0 unspecified atom stereocenters. The lowest BCUT2D eigenvalue weighted by Crippen LogP contribution is -3.28. The quantitative estimate of drug-likeness (QED) is 0.496. The van der Waals surface area contributed by atoms with E-state index >= 15 is 0 Å². The van der Waals surface area contributed by atoms with E-state index in [0.717, 1.165) is 49.6 Å². The molecule has 1 aliphatic heterocycles. The summed E-state index contributed by atoms with van der Waals surface area (Å²) >= 11 is 0. The summed E-state index contributed by atoms with van der Waals surface area (Å²) in [6, 6.07) is 28.6. The molecule has 32 heavy (non-hydrogen) atoms. The van der Waals surface area contributed by atoms with Crippen molar-refractivity contribution >= 4 is 5.91 Å². The molecule has 0 radical (unpaired) electrons. The Labute approximate surface area is 190 Å². The van der Waals surface area contributed by atoms with Crippen molar-refractivity contribution in [2.45, 2.75) is 12.6 Å². The highest BCUT2D eigenvalue weighted by atomic mass is 16.5. The summed E-state index contributed by atoms with van der Waals surface area (Å²) in [6.45, 7) is 5.81. The molecule has 1 amide bonds. The summed E-state index contributed by atoms with van der Waals surface area (Å²) in [5.74, 6) is 0.906. The van der Waals surface area contributed by atoms with Gasteiger partial charge in [0, 0.05) is 5.56 Å². The van der Waals surface area contributed by atoms with Gasteiger partial charge in [0.2, 0.25) is 0 Å². The van der Waals surface area contributed by atoms with Gasteiger partial charge in [-0.2, -0.15) is 0 Å². The van der Waals surface area contributed by atoms with Crippen molar-refractivity contribution in [3.8, 4) is 5.75 Å². The lowest BCUT2D eigenvalue weighted by Gasteiger charge is -2.30. The van der Waals surface area contributed by atoms with E-state index in [4.69, 9.17) is 4.74 Å². The number of methoxy groups -OCH3 is 1. The van der Waals surface area contributed by atoms with Gasteiger partial charge in [0.25, 0.3) is 5.91 Å². The number of ether oxygens (including phenoxy) is 1. The Kier molecular flexibility index (Phi) is 7.54. The topological polar surface area (TPSA) is 47.2 Å². The predicted octanol–water partition coefficient (Wildman–Crippen LogP) is 0.884. The molecule has 0 aromatic heterocycles. The molecular formula is C27H33N3O2+2. The van der Waals surface area contributed by atoms with Crippen molar-refractivity contribution in [2.24, 2.45) is 0 Å². The summed E-state index contributed by atoms with van der Waals surface area (Å²) in [6.07, 6.45) is 0. The third kappa shape index (κ3) is 5.96. The highest BCUT2D eigenvalue weighted by Crippen LogP contribution is 2.24. The summed E-state index contributed by atoms with van der Waals surface area (Å²) in [5, 5.41) is 3.28. The van der Waals surface area contributed by atoms with Gasteiger partial charge in [-0.15, -0.1) is 0 Å². The van der Waals surface area contributed by atoms with Gasteiger partial charge >= 0.3 is 0 Å². The van der Waals surface area contributed by atoms with Gasteiger partial charge in [-0.1, -0.05) is 72.8 Å². The summed E-state index contributed by atoms with van der Waals surface area (Å²) in [5.41, 5.74) is 3.52. The van der Waals surface area contributed by atoms with Crippen molar-refractivity contribution in [2.75, 3.05) is 39.8 Å². The number of benzene rings is 3.